The molecule has 4 rings (SSSR count). The number of benzene rings is 2. The summed E-state index contributed by atoms with van der Waals surface area (Å²) in [5.74, 6) is -2.25. The predicted octanol–water partition coefficient (Wildman–Crippen LogP) is 5.35. The molecule has 0 radical (unpaired) electrons. The Balaban J connectivity index is 1.55. The summed E-state index contributed by atoms with van der Waals surface area (Å²) in [6.07, 6.45) is -5.42. The number of rotatable bonds is 8. The van der Waals surface area contributed by atoms with E-state index in [9.17, 15) is 27.6 Å². The van der Waals surface area contributed by atoms with Crippen molar-refractivity contribution in [1.82, 2.24) is 4.90 Å². The van der Waals surface area contributed by atoms with Gasteiger partial charge in [0.2, 0.25) is 5.91 Å². The smallest absolute Gasteiger partial charge is 0.442 e. The zero-order valence-corrected chi connectivity index (χ0v) is 21.2. The molecule has 0 unspecified atom stereocenters. The second kappa shape index (κ2) is 10.2. The van der Waals surface area contributed by atoms with E-state index in [0.717, 1.165) is 10.5 Å². The van der Waals surface area contributed by atoms with Crippen LogP contribution in [0.5, 0.6) is 0 Å². The number of ether oxygens (including phenoxy) is 2. The molecule has 2 atom stereocenters. The van der Waals surface area contributed by atoms with Crippen LogP contribution in [-0.2, 0) is 37.6 Å². The zero-order chi connectivity index (χ0) is 27.7. The molecule has 202 valence electrons. The third kappa shape index (κ3) is 6.03. The van der Waals surface area contributed by atoms with E-state index >= 15 is 0 Å². The van der Waals surface area contributed by atoms with E-state index in [1.165, 1.54) is 24.3 Å². The number of hydrogen-bond acceptors (Lipinski definition) is 7. The number of hydrogen-bond donors (Lipinski definition) is 0. The molecule has 0 bridgehead atoms. The van der Waals surface area contributed by atoms with Crippen molar-refractivity contribution in [3.8, 4) is 0 Å². The maximum absolute atomic E-state index is 13.7. The molecule has 2 aromatic rings. The lowest BCUT2D eigenvalue weighted by Crippen LogP contribution is -2.45. The number of cyclic esters (lactones) is 1. The summed E-state index contributed by atoms with van der Waals surface area (Å²) in [6, 6.07) is 14.1. The van der Waals surface area contributed by atoms with Gasteiger partial charge in [0.15, 0.2) is 0 Å². The van der Waals surface area contributed by atoms with Crippen LogP contribution >= 0.6 is 0 Å². The van der Waals surface area contributed by atoms with Gasteiger partial charge in [-0.2, -0.15) is 13.2 Å². The van der Waals surface area contributed by atoms with E-state index in [2.05, 4.69) is 10.2 Å². The van der Waals surface area contributed by atoms with E-state index in [-0.39, 0.29) is 25.0 Å². The normalized spacial score (nSPS) is 19.2. The standard InChI is InChI=1S/C27H28F3N3O5/c1-25(2,3)38-22(34)15-19(13-18-9-11-20(12-10-18)26(31-32-26)27(28,29)30)23(35)33-21(16-37-24(33)36)14-17-7-5-4-6-8-17/h4-12,19,21H,13-16H2,1-3H3/t19-,21+/m1/s1. The highest BCUT2D eigenvalue weighted by Crippen LogP contribution is 2.52. The molecule has 1 saturated heterocycles. The Labute approximate surface area is 217 Å². The number of nitrogens with zero attached hydrogens (tertiary/aromatic N) is 3. The van der Waals surface area contributed by atoms with Gasteiger partial charge in [-0.3, -0.25) is 9.59 Å². The first-order valence-electron chi connectivity index (χ1n) is 12.1. The van der Waals surface area contributed by atoms with Crippen LogP contribution in [-0.4, -0.2) is 47.3 Å². The molecule has 0 saturated carbocycles. The molecular weight excluding hydrogens is 503 g/mol. The first-order chi connectivity index (χ1) is 17.8. The van der Waals surface area contributed by atoms with Gasteiger partial charge in [0.05, 0.1) is 18.4 Å². The highest BCUT2D eigenvalue weighted by atomic mass is 19.4. The van der Waals surface area contributed by atoms with Crippen molar-refractivity contribution < 1.29 is 37.0 Å². The van der Waals surface area contributed by atoms with Crippen molar-refractivity contribution >= 4 is 18.0 Å². The van der Waals surface area contributed by atoms with Crippen LogP contribution in [0.1, 0.15) is 43.9 Å². The third-order valence-corrected chi connectivity index (χ3v) is 6.23. The maximum Gasteiger partial charge on any atom is 0.442 e. The molecule has 2 aliphatic rings. The summed E-state index contributed by atoms with van der Waals surface area (Å²) in [5.41, 5.74) is -2.09. The van der Waals surface area contributed by atoms with Crippen LogP contribution in [0.15, 0.2) is 64.8 Å². The molecule has 38 heavy (non-hydrogen) atoms. The van der Waals surface area contributed by atoms with Crippen LogP contribution in [0.3, 0.4) is 0 Å². The van der Waals surface area contributed by atoms with Gasteiger partial charge in [-0.25, -0.2) is 9.69 Å². The minimum Gasteiger partial charge on any atom is -0.460 e. The van der Waals surface area contributed by atoms with Crippen molar-refractivity contribution in [1.29, 1.82) is 0 Å². The molecule has 0 N–H and O–H groups in total. The number of alkyl halides is 3. The van der Waals surface area contributed by atoms with Crippen molar-refractivity contribution in [2.75, 3.05) is 6.61 Å². The Bertz CT molecular complexity index is 1220. The lowest BCUT2D eigenvalue weighted by molar-refractivity contribution is -0.166. The molecule has 2 amide bonds. The first kappa shape index (κ1) is 27.3. The Morgan fingerprint density at radius 1 is 1.05 bits per heavy atom. The Hall–Kier alpha value is -3.76. The summed E-state index contributed by atoms with van der Waals surface area (Å²) < 4.78 is 50.6. The van der Waals surface area contributed by atoms with Gasteiger partial charge in [0, 0.05) is 5.56 Å². The highest BCUT2D eigenvalue weighted by molar-refractivity contribution is 5.96. The summed E-state index contributed by atoms with van der Waals surface area (Å²) in [6.45, 7) is 5.09. The third-order valence-electron chi connectivity index (χ3n) is 6.23. The Kier molecular flexibility index (Phi) is 7.31. The molecule has 0 aliphatic carbocycles. The number of esters is 1. The minimum atomic E-state index is -4.66. The SMILES string of the molecule is CC(C)(C)OC(=O)C[C@@H](Cc1ccc(C2(C(F)(F)F)N=N2)cc1)C(=O)N1C(=O)OC[C@@H]1Cc1ccccc1. The van der Waals surface area contributed by atoms with Crippen molar-refractivity contribution in [3.63, 3.8) is 0 Å². The van der Waals surface area contributed by atoms with Crippen LogP contribution in [0.2, 0.25) is 0 Å². The molecular formula is C27H28F3N3O5. The molecule has 11 heteroatoms. The van der Waals surface area contributed by atoms with Gasteiger partial charge in [-0.15, -0.1) is 10.2 Å². The Morgan fingerprint density at radius 2 is 1.68 bits per heavy atom. The lowest BCUT2D eigenvalue weighted by Gasteiger charge is -2.26. The number of carbonyl (C=O) groups is 3. The molecule has 0 aromatic heterocycles. The van der Waals surface area contributed by atoms with Gasteiger partial charge < -0.3 is 9.47 Å². The summed E-state index contributed by atoms with van der Waals surface area (Å²) in [5, 5.41) is 6.40. The fourth-order valence-electron chi connectivity index (χ4n) is 4.40. The van der Waals surface area contributed by atoms with Crippen LogP contribution in [0, 0.1) is 5.92 Å². The quantitative estimate of drug-likeness (QED) is 0.428. The fraction of sp³-hybridized carbons (Fsp3) is 0.444. The van der Waals surface area contributed by atoms with E-state index in [1.54, 1.807) is 20.8 Å². The average molecular weight is 532 g/mol. The fourth-order valence-corrected chi connectivity index (χ4v) is 4.40. The summed E-state index contributed by atoms with van der Waals surface area (Å²) in [4.78, 5) is 40.0. The largest absolute Gasteiger partial charge is 0.460 e. The van der Waals surface area contributed by atoms with Gasteiger partial charge in [0.1, 0.15) is 12.2 Å². The molecule has 2 aromatic carbocycles. The zero-order valence-electron chi connectivity index (χ0n) is 21.2. The second-order valence-electron chi connectivity index (χ2n) is 10.4. The summed E-state index contributed by atoms with van der Waals surface area (Å²) >= 11 is 0. The van der Waals surface area contributed by atoms with Crippen molar-refractivity contribution in [2.24, 2.45) is 16.1 Å². The van der Waals surface area contributed by atoms with Gasteiger partial charge in [-0.05, 0) is 44.7 Å². The molecule has 1 fully saturated rings. The topological polar surface area (TPSA) is 97.6 Å². The molecule has 8 nitrogen and oxygen atoms in total. The van der Waals surface area contributed by atoms with Gasteiger partial charge in [-0.1, -0.05) is 54.6 Å². The first-order valence-corrected chi connectivity index (χ1v) is 12.1. The predicted molar refractivity (Wildman–Crippen MR) is 129 cm³/mol. The van der Waals surface area contributed by atoms with E-state index < -0.39 is 47.4 Å². The molecule has 2 aliphatic heterocycles. The van der Waals surface area contributed by atoms with Crippen molar-refractivity contribution in [2.45, 2.75) is 63.5 Å². The van der Waals surface area contributed by atoms with Gasteiger partial charge >= 0.3 is 23.9 Å². The van der Waals surface area contributed by atoms with Crippen LogP contribution in [0.4, 0.5) is 18.0 Å². The minimum absolute atomic E-state index is 0.00645. The number of imide groups is 1. The second-order valence-corrected chi connectivity index (χ2v) is 10.4. The van der Waals surface area contributed by atoms with E-state index in [4.69, 9.17) is 9.47 Å². The monoisotopic (exact) mass is 531 g/mol. The average Bonchev–Trinajstić information content (AvgIpc) is 3.57. The van der Waals surface area contributed by atoms with E-state index in [0.29, 0.717) is 12.0 Å². The summed E-state index contributed by atoms with van der Waals surface area (Å²) in [7, 11) is 0. The van der Waals surface area contributed by atoms with Crippen molar-refractivity contribution in [3.05, 3.63) is 71.3 Å². The number of carbonyl (C=O) groups excluding carboxylic acids is 3. The van der Waals surface area contributed by atoms with Crippen LogP contribution in [0.25, 0.3) is 0 Å². The van der Waals surface area contributed by atoms with E-state index in [1.807, 2.05) is 30.3 Å². The number of amides is 2. The highest BCUT2D eigenvalue weighted by Gasteiger charge is 2.65. The lowest BCUT2D eigenvalue weighted by atomic mass is 9.92. The van der Waals surface area contributed by atoms with Gasteiger partial charge in [0.25, 0.3) is 0 Å². The molecule has 2 heterocycles. The maximum atomic E-state index is 13.7. The number of halogens is 3. The molecule has 0 spiro atoms. The Morgan fingerprint density at radius 3 is 2.24 bits per heavy atom. The van der Waals surface area contributed by atoms with Crippen LogP contribution < -0.4 is 0 Å².